The maximum absolute atomic E-state index is 12.3. The van der Waals surface area contributed by atoms with Crippen molar-refractivity contribution in [2.75, 3.05) is 13.1 Å². The lowest BCUT2D eigenvalue weighted by atomic mass is 9.96. The molecule has 2 amide bonds. The van der Waals surface area contributed by atoms with Gasteiger partial charge in [0.1, 0.15) is 0 Å². The fourth-order valence-electron chi connectivity index (χ4n) is 3.10. The van der Waals surface area contributed by atoms with Crippen LogP contribution in [0.1, 0.15) is 58.9 Å². The van der Waals surface area contributed by atoms with Gasteiger partial charge in [0.25, 0.3) is 5.91 Å². The Kier molecular flexibility index (Phi) is 5.35. The van der Waals surface area contributed by atoms with Crippen molar-refractivity contribution < 1.29 is 14.1 Å². The molecule has 1 aliphatic heterocycles. The summed E-state index contributed by atoms with van der Waals surface area (Å²) in [4.78, 5) is 29.9. The highest BCUT2D eigenvalue weighted by Gasteiger charge is 2.25. The molecule has 26 heavy (non-hydrogen) atoms. The molecule has 2 heterocycles. The molecule has 1 N–H and O–H groups in total. The lowest BCUT2D eigenvalue weighted by molar-refractivity contribution is -0.129. The zero-order chi connectivity index (χ0) is 18.7. The Hall–Kier alpha value is -2.70. The molecule has 0 radical (unpaired) electrons. The SMILES string of the molecule is CC(=O)N1CCC(c2noc(CNC(=O)c3ccc(C)c(C)c3)n2)CC1. The van der Waals surface area contributed by atoms with Crippen LogP contribution in [0.15, 0.2) is 22.7 Å². The van der Waals surface area contributed by atoms with Crippen LogP contribution in [-0.4, -0.2) is 39.9 Å². The Morgan fingerprint density at radius 3 is 2.62 bits per heavy atom. The molecule has 3 rings (SSSR count). The van der Waals surface area contributed by atoms with Crippen molar-refractivity contribution in [3.63, 3.8) is 0 Å². The predicted octanol–water partition coefficient (Wildman–Crippen LogP) is 2.34. The summed E-state index contributed by atoms with van der Waals surface area (Å²) in [6, 6.07) is 5.61. The van der Waals surface area contributed by atoms with Crippen molar-refractivity contribution in [1.82, 2.24) is 20.4 Å². The van der Waals surface area contributed by atoms with E-state index in [4.69, 9.17) is 4.52 Å². The van der Waals surface area contributed by atoms with Crippen LogP contribution >= 0.6 is 0 Å². The predicted molar refractivity (Wildman–Crippen MR) is 95.6 cm³/mol. The fraction of sp³-hybridized carbons (Fsp3) is 0.474. The van der Waals surface area contributed by atoms with E-state index in [-0.39, 0.29) is 24.3 Å². The Labute approximate surface area is 152 Å². The first kappa shape index (κ1) is 18.1. The number of aromatic nitrogens is 2. The maximum atomic E-state index is 12.3. The van der Waals surface area contributed by atoms with Crippen molar-refractivity contribution in [3.8, 4) is 0 Å². The number of nitrogens with one attached hydrogen (secondary N) is 1. The van der Waals surface area contributed by atoms with E-state index in [9.17, 15) is 9.59 Å². The van der Waals surface area contributed by atoms with Crippen LogP contribution < -0.4 is 5.32 Å². The molecule has 1 fully saturated rings. The van der Waals surface area contributed by atoms with Crippen LogP contribution in [0.2, 0.25) is 0 Å². The number of rotatable bonds is 4. The van der Waals surface area contributed by atoms with Gasteiger partial charge < -0.3 is 14.7 Å². The average molecular weight is 356 g/mol. The minimum atomic E-state index is -0.164. The molecule has 0 bridgehead atoms. The summed E-state index contributed by atoms with van der Waals surface area (Å²) in [5.74, 6) is 1.18. The van der Waals surface area contributed by atoms with Gasteiger partial charge in [0.15, 0.2) is 5.82 Å². The zero-order valence-electron chi connectivity index (χ0n) is 15.4. The van der Waals surface area contributed by atoms with Crippen LogP contribution in [0.25, 0.3) is 0 Å². The normalized spacial score (nSPS) is 15.1. The van der Waals surface area contributed by atoms with E-state index >= 15 is 0 Å². The van der Waals surface area contributed by atoms with Crippen LogP contribution in [0.4, 0.5) is 0 Å². The molecule has 0 spiro atoms. The van der Waals surface area contributed by atoms with E-state index in [1.54, 1.807) is 13.0 Å². The Bertz CT molecular complexity index is 807. The van der Waals surface area contributed by atoms with Crippen molar-refractivity contribution in [2.45, 2.75) is 46.1 Å². The summed E-state index contributed by atoms with van der Waals surface area (Å²) in [6.07, 6.45) is 1.65. The number of likely N-dealkylation sites (tertiary alicyclic amines) is 1. The zero-order valence-corrected chi connectivity index (χ0v) is 15.4. The topological polar surface area (TPSA) is 88.3 Å². The van der Waals surface area contributed by atoms with E-state index < -0.39 is 0 Å². The largest absolute Gasteiger partial charge is 0.343 e. The summed E-state index contributed by atoms with van der Waals surface area (Å²) in [5, 5.41) is 6.86. The highest BCUT2D eigenvalue weighted by Crippen LogP contribution is 2.25. The smallest absolute Gasteiger partial charge is 0.251 e. The molecule has 7 nitrogen and oxygen atoms in total. The van der Waals surface area contributed by atoms with Gasteiger partial charge in [-0.05, 0) is 49.9 Å². The van der Waals surface area contributed by atoms with Gasteiger partial charge in [0, 0.05) is 31.5 Å². The highest BCUT2D eigenvalue weighted by molar-refractivity contribution is 5.94. The minimum Gasteiger partial charge on any atom is -0.343 e. The molecule has 0 atom stereocenters. The summed E-state index contributed by atoms with van der Waals surface area (Å²) < 4.78 is 5.26. The number of hydrogen-bond acceptors (Lipinski definition) is 5. The first-order chi connectivity index (χ1) is 12.4. The van der Waals surface area contributed by atoms with Crippen LogP contribution in [-0.2, 0) is 11.3 Å². The average Bonchev–Trinajstić information content (AvgIpc) is 3.11. The molecule has 2 aromatic rings. The maximum Gasteiger partial charge on any atom is 0.251 e. The number of carbonyl (C=O) groups is 2. The number of aryl methyl sites for hydroxylation is 2. The number of piperidine rings is 1. The minimum absolute atomic E-state index is 0.103. The number of amides is 2. The first-order valence-electron chi connectivity index (χ1n) is 8.87. The second-order valence-electron chi connectivity index (χ2n) is 6.81. The van der Waals surface area contributed by atoms with Gasteiger partial charge in [0.2, 0.25) is 11.8 Å². The molecule has 1 saturated heterocycles. The molecule has 1 aromatic heterocycles. The molecular formula is C19H24N4O3. The number of carbonyl (C=O) groups excluding carboxylic acids is 2. The third kappa shape index (κ3) is 4.09. The second-order valence-corrected chi connectivity index (χ2v) is 6.81. The van der Waals surface area contributed by atoms with E-state index in [0.717, 1.165) is 24.0 Å². The molecule has 0 aliphatic carbocycles. The quantitative estimate of drug-likeness (QED) is 0.908. The van der Waals surface area contributed by atoms with E-state index in [1.165, 1.54) is 0 Å². The van der Waals surface area contributed by atoms with Crippen molar-refractivity contribution >= 4 is 11.8 Å². The number of benzene rings is 1. The van der Waals surface area contributed by atoms with Crippen molar-refractivity contribution in [1.29, 1.82) is 0 Å². The highest BCUT2D eigenvalue weighted by atomic mass is 16.5. The molecule has 0 unspecified atom stereocenters. The molecular weight excluding hydrogens is 332 g/mol. The van der Waals surface area contributed by atoms with Gasteiger partial charge in [-0.2, -0.15) is 4.98 Å². The third-order valence-electron chi connectivity index (χ3n) is 4.96. The van der Waals surface area contributed by atoms with Gasteiger partial charge in [-0.15, -0.1) is 0 Å². The molecule has 138 valence electrons. The number of hydrogen-bond donors (Lipinski definition) is 1. The molecule has 0 saturated carbocycles. The summed E-state index contributed by atoms with van der Waals surface area (Å²) in [7, 11) is 0. The van der Waals surface area contributed by atoms with Crippen LogP contribution in [0.3, 0.4) is 0 Å². The molecule has 7 heteroatoms. The van der Waals surface area contributed by atoms with E-state index in [1.807, 2.05) is 30.9 Å². The van der Waals surface area contributed by atoms with Gasteiger partial charge >= 0.3 is 0 Å². The van der Waals surface area contributed by atoms with Crippen LogP contribution in [0.5, 0.6) is 0 Å². The summed E-state index contributed by atoms with van der Waals surface area (Å²) in [5.41, 5.74) is 2.85. The Morgan fingerprint density at radius 2 is 1.96 bits per heavy atom. The standard InChI is InChI=1S/C19H24N4O3/c1-12-4-5-16(10-13(12)2)19(25)20-11-17-21-18(22-26-17)15-6-8-23(9-7-15)14(3)24/h4-5,10,15H,6-9,11H2,1-3H3,(H,20,25). The van der Waals surface area contributed by atoms with Crippen molar-refractivity contribution in [2.24, 2.45) is 0 Å². The summed E-state index contributed by atoms with van der Waals surface area (Å²) in [6.45, 7) is 7.21. The molecule has 1 aromatic carbocycles. The molecule has 1 aliphatic rings. The van der Waals surface area contributed by atoms with E-state index in [0.29, 0.717) is 30.4 Å². The van der Waals surface area contributed by atoms with Gasteiger partial charge in [-0.1, -0.05) is 11.2 Å². The third-order valence-corrected chi connectivity index (χ3v) is 4.96. The second kappa shape index (κ2) is 7.68. The van der Waals surface area contributed by atoms with Gasteiger partial charge in [-0.25, -0.2) is 0 Å². The Balaban J connectivity index is 1.54. The lowest BCUT2D eigenvalue weighted by Gasteiger charge is -2.29. The number of nitrogens with zero attached hydrogens (tertiary/aromatic N) is 3. The Morgan fingerprint density at radius 1 is 1.23 bits per heavy atom. The fourth-order valence-corrected chi connectivity index (χ4v) is 3.10. The summed E-state index contributed by atoms with van der Waals surface area (Å²) >= 11 is 0. The first-order valence-corrected chi connectivity index (χ1v) is 8.87. The van der Waals surface area contributed by atoms with Gasteiger partial charge in [0.05, 0.1) is 6.54 Å². The lowest BCUT2D eigenvalue weighted by Crippen LogP contribution is -2.36. The van der Waals surface area contributed by atoms with Crippen molar-refractivity contribution in [3.05, 3.63) is 46.6 Å². The monoisotopic (exact) mass is 356 g/mol. The van der Waals surface area contributed by atoms with E-state index in [2.05, 4.69) is 15.5 Å². The van der Waals surface area contributed by atoms with Crippen LogP contribution in [0, 0.1) is 13.8 Å². The van der Waals surface area contributed by atoms with Gasteiger partial charge in [-0.3, -0.25) is 9.59 Å².